The summed E-state index contributed by atoms with van der Waals surface area (Å²) in [5.41, 5.74) is 7.25. The highest BCUT2D eigenvalue weighted by atomic mass is 35.5. The van der Waals surface area contributed by atoms with Crippen LogP contribution in [0, 0.1) is 5.82 Å². The number of rotatable bonds is 3. The minimum absolute atomic E-state index is 0.253. The predicted molar refractivity (Wildman–Crippen MR) is 78.1 cm³/mol. The summed E-state index contributed by atoms with van der Waals surface area (Å²) in [5, 5.41) is 3.11. The second kappa shape index (κ2) is 5.92. The van der Waals surface area contributed by atoms with E-state index in [4.69, 9.17) is 17.3 Å². The van der Waals surface area contributed by atoms with E-state index in [0.717, 1.165) is 5.56 Å². The van der Waals surface area contributed by atoms with Crippen LogP contribution < -0.4 is 11.1 Å². The molecule has 2 aromatic rings. The van der Waals surface area contributed by atoms with Gasteiger partial charge in [-0.25, -0.2) is 4.39 Å². The zero-order valence-corrected chi connectivity index (χ0v) is 11.6. The molecule has 0 heterocycles. The molecule has 0 bridgehead atoms. The van der Waals surface area contributed by atoms with Gasteiger partial charge in [-0.3, -0.25) is 4.79 Å². The van der Waals surface area contributed by atoms with Crippen molar-refractivity contribution in [3.8, 4) is 0 Å². The number of nitrogen functional groups attached to an aromatic ring is 1. The molecule has 0 saturated carbocycles. The molecule has 2 aromatic carbocycles. The fourth-order valence-electron chi connectivity index (χ4n) is 1.82. The molecule has 3 N–H and O–H groups in total. The van der Waals surface area contributed by atoms with Crippen molar-refractivity contribution >= 4 is 23.2 Å². The van der Waals surface area contributed by atoms with E-state index < -0.39 is 0 Å². The summed E-state index contributed by atoms with van der Waals surface area (Å²) >= 11 is 5.98. The Morgan fingerprint density at radius 3 is 2.50 bits per heavy atom. The summed E-state index contributed by atoms with van der Waals surface area (Å²) < 4.78 is 12.9. The lowest BCUT2D eigenvalue weighted by Crippen LogP contribution is -2.26. The van der Waals surface area contributed by atoms with Crippen LogP contribution in [-0.2, 0) is 0 Å². The monoisotopic (exact) mass is 292 g/mol. The molecule has 0 spiro atoms. The minimum Gasteiger partial charge on any atom is -0.399 e. The Hall–Kier alpha value is -2.07. The fourth-order valence-corrected chi connectivity index (χ4v) is 2.10. The van der Waals surface area contributed by atoms with Gasteiger partial charge in [0.1, 0.15) is 5.82 Å². The molecule has 1 atom stereocenters. The third-order valence-corrected chi connectivity index (χ3v) is 3.27. The number of hydrogen-bond donors (Lipinski definition) is 2. The van der Waals surface area contributed by atoms with Crippen molar-refractivity contribution < 1.29 is 9.18 Å². The molecule has 0 aliphatic heterocycles. The Labute approximate surface area is 121 Å². The number of nitrogens with one attached hydrogen (secondary N) is 1. The van der Waals surface area contributed by atoms with Crippen molar-refractivity contribution in [1.29, 1.82) is 0 Å². The number of benzene rings is 2. The number of nitrogens with two attached hydrogens (primary N) is 1. The van der Waals surface area contributed by atoms with E-state index in [1.54, 1.807) is 24.3 Å². The van der Waals surface area contributed by atoms with Crippen LogP contribution in [0.2, 0.25) is 5.02 Å². The van der Waals surface area contributed by atoms with Crippen LogP contribution in [0.4, 0.5) is 10.1 Å². The van der Waals surface area contributed by atoms with Crippen molar-refractivity contribution in [3.63, 3.8) is 0 Å². The van der Waals surface area contributed by atoms with Crippen LogP contribution in [0.3, 0.4) is 0 Å². The highest BCUT2D eigenvalue weighted by molar-refractivity contribution is 6.34. The Morgan fingerprint density at radius 1 is 1.25 bits per heavy atom. The number of halogens is 2. The van der Waals surface area contributed by atoms with E-state index in [9.17, 15) is 9.18 Å². The molecule has 0 saturated heterocycles. The van der Waals surface area contributed by atoms with Crippen molar-refractivity contribution in [2.24, 2.45) is 0 Å². The topological polar surface area (TPSA) is 55.1 Å². The van der Waals surface area contributed by atoms with E-state index in [1.165, 1.54) is 18.2 Å². The largest absolute Gasteiger partial charge is 0.399 e. The summed E-state index contributed by atoms with van der Waals surface area (Å²) in [6.07, 6.45) is 0. The molecule has 104 valence electrons. The first kappa shape index (κ1) is 14.3. The Morgan fingerprint density at radius 2 is 1.90 bits per heavy atom. The number of carbonyl (C=O) groups excluding carboxylic acids is 1. The Bertz CT molecular complexity index is 628. The summed E-state index contributed by atoms with van der Waals surface area (Å²) in [4.78, 5) is 12.1. The van der Waals surface area contributed by atoms with Crippen molar-refractivity contribution in [2.45, 2.75) is 13.0 Å². The van der Waals surface area contributed by atoms with Gasteiger partial charge in [-0.15, -0.1) is 0 Å². The quantitative estimate of drug-likeness (QED) is 0.850. The maximum absolute atomic E-state index is 12.9. The molecule has 2 rings (SSSR count). The van der Waals surface area contributed by atoms with Gasteiger partial charge >= 0.3 is 0 Å². The Balaban J connectivity index is 2.13. The summed E-state index contributed by atoms with van der Waals surface area (Å²) in [6, 6.07) is 10.4. The smallest absolute Gasteiger partial charge is 0.253 e. The van der Waals surface area contributed by atoms with E-state index in [0.29, 0.717) is 16.3 Å². The molecule has 0 aliphatic rings. The number of amides is 1. The van der Waals surface area contributed by atoms with Gasteiger partial charge in [0, 0.05) is 5.69 Å². The molecular weight excluding hydrogens is 279 g/mol. The highest BCUT2D eigenvalue weighted by Crippen LogP contribution is 2.20. The molecule has 0 radical (unpaired) electrons. The molecule has 20 heavy (non-hydrogen) atoms. The number of carbonyl (C=O) groups is 1. The zero-order valence-electron chi connectivity index (χ0n) is 10.9. The van der Waals surface area contributed by atoms with Gasteiger partial charge in [0.25, 0.3) is 5.91 Å². The van der Waals surface area contributed by atoms with Gasteiger partial charge < -0.3 is 11.1 Å². The van der Waals surface area contributed by atoms with Gasteiger partial charge in [-0.2, -0.15) is 0 Å². The molecule has 3 nitrogen and oxygen atoms in total. The third kappa shape index (κ3) is 3.27. The molecule has 1 amide bonds. The minimum atomic E-state index is -0.311. The first-order valence-corrected chi connectivity index (χ1v) is 6.46. The van der Waals surface area contributed by atoms with Crippen LogP contribution >= 0.6 is 11.6 Å². The highest BCUT2D eigenvalue weighted by Gasteiger charge is 2.14. The van der Waals surface area contributed by atoms with Gasteiger partial charge in [0.2, 0.25) is 0 Å². The first-order chi connectivity index (χ1) is 9.47. The predicted octanol–water partition coefficient (Wildman–Crippen LogP) is 3.55. The SMILES string of the molecule is CC(NC(=O)c1ccc(N)cc1Cl)c1ccc(F)cc1. The second-order valence-electron chi connectivity index (χ2n) is 4.49. The van der Waals surface area contributed by atoms with Crippen molar-refractivity contribution in [1.82, 2.24) is 5.32 Å². The van der Waals surface area contributed by atoms with Gasteiger partial charge in [0.05, 0.1) is 16.6 Å². The molecular formula is C15H14ClFN2O. The normalized spacial score (nSPS) is 11.9. The van der Waals surface area contributed by atoms with Crippen LogP contribution in [0.15, 0.2) is 42.5 Å². The summed E-state index contributed by atoms with van der Waals surface area (Å²) in [6.45, 7) is 1.82. The van der Waals surface area contributed by atoms with Crippen molar-refractivity contribution in [3.05, 3.63) is 64.4 Å². The maximum atomic E-state index is 12.9. The van der Waals surface area contributed by atoms with Gasteiger partial charge in [0.15, 0.2) is 0 Å². The molecule has 0 aromatic heterocycles. The van der Waals surface area contributed by atoms with Gasteiger partial charge in [-0.05, 0) is 42.8 Å². The van der Waals surface area contributed by atoms with Gasteiger partial charge in [-0.1, -0.05) is 23.7 Å². The summed E-state index contributed by atoms with van der Waals surface area (Å²) in [5.74, 6) is -0.610. The van der Waals surface area contributed by atoms with E-state index >= 15 is 0 Å². The average Bonchev–Trinajstić information content (AvgIpc) is 2.39. The third-order valence-electron chi connectivity index (χ3n) is 2.96. The standard InChI is InChI=1S/C15H14ClFN2O/c1-9(10-2-4-11(17)5-3-10)19-15(20)13-7-6-12(18)8-14(13)16/h2-9H,18H2,1H3,(H,19,20). The maximum Gasteiger partial charge on any atom is 0.253 e. The van der Waals surface area contributed by atoms with Crippen LogP contribution in [0.1, 0.15) is 28.9 Å². The molecule has 0 aliphatic carbocycles. The second-order valence-corrected chi connectivity index (χ2v) is 4.89. The van der Waals surface area contributed by atoms with Crippen LogP contribution in [-0.4, -0.2) is 5.91 Å². The first-order valence-electron chi connectivity index (χ1n) is 6.08. The van der Waals surface area contributed by atoms with E-state index in [-0.39, 0.29) is 17.8 Å². The van der Waals surface area contributed by atoms with Crippen LogP contribution in [0.5, 0.6) is 0 Å². The van der Waals surface area contributed by atoms with E-state index in [1.807, 2.05) is 6.92 Å². The molecule has 1 unspecified atom stereocenters. The zero-order chi connectivity index (χ0) is 14.7. The average molecular weight is 293 g/mol. The Kier molecular flexibility index (Phi) is 4.25. The lowest BCUT2D eigenvalue weighted by atomic mass is 10.1. The molecule has 5 heteroatoms. The fraction of sp³-hybridized carbons (Fsp3) is 0.133. The lowest BCUT2D eigenvalue weighted by Gasteiger charge is -2.15. The summed E-state index contributed by atoms with van der Waals surface area (Å²) in [7, 11) is 0. The lowest BCUT2D eigenvalue weighted by molar-refractivity contribution is 0.0940. The van der Waals surface area contributed by atoms with Crippen molar-refractivity contribution in [2.75, 3.05) is 5.73 Å². The van der Waals surface area contributed by atoms with Crippen LogP contribution in [0.25, 0.3) is 0 Å². The number of anilines is 1. The molecule has 0 fully saturated rings. The van der Waals surface area contributed by atoms with E-state index in [2.05, 4.69) is 5.32 Å². The number of hydrogen-bond acceptors (Lipinski definition) is 2.